The molecule has 2 heterocycles. The Kier molecular flexibility index (Phi) is 3.78. The van der Waals surface area contributed by atoms with E-state index < -0.39 is 5.54 Å². The average molecular weight is 281 g/mol. The Hall–Kier alpha value is -1.92. The first-order valence-electron chi connectivity index (χ1n) is 6.76. The fourth-order valence-electron chi connectivity index (χ4n) is 2.55. The van der Waals surface area contributed by atoms with Gasteiger partial charge in [-0.2, -0.15) is 0 Å². The second-order valence-electron chi connectivity index (χ2n) is 5.55. The van der Waals surface area contributed by atoms with E-state index in [9.17, 15) is 19.2 Å². The smallest absolute Gasteiger partial charge is 0.245 e. The summed E-state index contributed by atoms with van der Waals surface area (Å²) in [5, 5.41) is 2.72. The SMILES string of the molecule is CC1(C)C(=O)NCCN1C(=O)CCN1C(=O)CCC1=O. The number of nitrogens with one attached hydrogen (secondary N) is 1. The number of rotatable bonds is 3. The maximum atomic E-state index is 12.2. The summed E-state index contributed by atoms with van der Waals surface area (Å²) in [6, 6.07) is 0. The topological polar surface area (TPSA) is 86.8 Å². The van der Waals surface area contributed by atoms with Crippen molar-refractivity contribution in [2.24, 2.45) is 0 Å². The summed E-state index contributed by atoms with van der Waals surface area (Å²) in [5.41, 5.74) is -0.894. The van der Waals surface area contributed by atoms with E-state index in [0.717, 1.165) is 4.90 Å². The first kappa shape index (κ1) is 14.5. The lowest BCUT2D eigenvalue weighted by Gasteiger charge is -2.41. The van der Waals surface area contributed by atoms with Crippen molar-refractivity contribution >= 4 is 23.6 Å². The van der Waals surface area contributed by atoms with Crippen LogP contribution in [0.4, 0.5) is 0 Å². The Labute approximate surface area is 117 Å². The zero-order valence-electron chi connectivity index (χ0n) is 11.8. The molecule has 2 rings (SSSR count). The van der Waals surface area contributed by atoms with Crippen LogP contribution in [-0.2, 0) is 19.2 Å². The first-order valence-corrected chi connectivity index (χ1v) is 6.76. The van der Waals surface area contributed by atoms with Crippen LogP contribution in [0.3, 0.4) is 0 Å². The summed E-state index contributed by atoms with van der Waals surface area (Å²) < 4.78 is 0. The minimum atomic E-state index is -0.894. The van der Waals surface area contributed by atoms with Gasteiger partial charge in [0.15, 0.2) is 0 Å². The fourth-order valence-corrected chi connectivity index (χ4v) is 2.55. The number of nitrogens with zero attached hydrogens (tertiary/aromatic N) is 2. The van der Waals surface area contributed by atoms with Crippen LogP contribution in [-0.4, -0.2) is 58.6 Å². The van der Waals surface area contributed by atoms with E-state index in [2.05, 4.69) is 5.32 Å². The van der Waals surface area contributed by atoms with Crippen LogP contribution in [0.1, 0.15) is 33.1 Å². The third-order valence-corrected chi connectivity index (χ3v) is 3.86. The highest BCUT2D eigenvalue weighted by Gasteiger charge is 2.40. The number of piperazine rings is 1. The molecule has 0 unspecified atom stereocenters. The Bertz CT molecular complexity index is 456. The number of amides is 4. The minimum Gasteiger partial charge on any atom is -0.352 e. The number of carbonyl (C=O) groups is 4. The lowest BCUT2D eigenvalue weighted by Crippen LogP contribution is -2.63. The quantitative estimate of drug-likeness (QED) is 0.690. The molecule has 0 aromatic rings. The summed E-state index contributed by atoms with van der Waals surface area (Å²) in [7, 11) is 0. The molecule has 0 atom stereocenters. The largest absolute Gasteiger partial charge is 0.352 e. The molecule has 0 aromatic carbocycles. The highest BCUT2D eigenvalue weighted by atomic mass is 16.2. The summed E-state index contributed by atoms with van der Waals surface area (Å²) in [5.74, 6) is -0.848. The van der Waals surface area contributed by atoms with Crippen molar-refractivity contribution in [2.45, 2.75) is 38.6 Å². The highest BCUT2D eigenvalue weighted by molar-refractivity contribution is 6.02. The van der Waals surface area contributed by atoms with Crippen molar-refractivity contribution in [3.05, 3.63) is 0 Å². The lowest BCUT2D eigenvalue weighted by atomic mass is 9.98. The average Bonchev–Trinajstić information content (AvgIpc) is 2.69. The molecule has 0 spiro atoms. The van der Waals surface area contributed by atoms with E-state index in [4.69, 9.17) is 0 Å². The van der Waals surface area contributed by atoms with Crippen LogP contribution in [0.5, 0.6) is 0 Å². The molecule has 0 radical (unpaired) electrons. The number of carbonyl (C=O) groups excluding carboxylic acids is 4. The lowest BCUT2D eigenvalue weighted by molar-refractivity contribution is -0.150. The van der Waals surface area contributed by atoms with Crippen LogP contribution in [0.2, 0.25) is 0 Å². The van der Waals surface area contributed by atoms with Crippen LogP contribution < -0.4 is 5.32 Å². The van der Waals surface area contributed by atoms with Crippen LogP contribution >= 0.6 is 0 Å². The second kappa shape index (κ2) is 5.22. The first-order chi connectivity index (χ1) is 9.34. The molecular formula is C13H19N3O4. The summed E-state index contributed by atoms with van der Waals surface area (Å²) in [4.78, 5) is 49.6. The fraction of sp³-hybridized carbons (Fsp3) is 0.692. The summed E-state index contributed by atoms with van der Waals surface area (Å²) in [6.07, 6.45) is 0.517. The standard InChI is InChI=1S/C13H19N3O4/c1-13(2)12(20)14-6-8-16(13)11(19)5-7-15-9(17)3-4-10(15)18/h3-8H2,1-2H3,(H,14,20). The summed E-state index contributed by atoms with van der Waals surface area (Å²) >= 11 is 0. The van der Waals surface area contributed by atoms with Gasteiger partial charge in [-0.3, -0.25) is 24.1 Å². The van der Waals surface area contributed by atoms with Gasteiger partial charge in [-0.1, -0.05) is 0 Å². The van der Waals surface area contributed by atoms with Gasteiger partial charge in [-0.05, 0) is 13.8 Å². The molecule has 0 aliphatic carbocycles. The molecule has 0 bridgehead atoms. The Morgan fingerprint density at radius 3 is 2.40 bits per heavy atom. The van der Waals surface area contributed by atoms with Crippen molar-refractivity contribution in [1.82, 2.24) is 15.1 Å². The summed E-state index contributed by atoms with van der Waals surface area (Å²) in [6.45, 7) is 4.34. The van der Waals surface area contributed by atoms with Crippen molar-refractivity contribution in [3.63, 3.8) is 0 Å². The maximum Gasteiger partial charge on any atom is 0.245 e. The zero-order chi connectivity index (χ0) is 14.9. The van der Waals surface area contributed by atoms with Gasteiger partial charge in [0.2, 0.25) is 23.6 Å². The number of imide groups is 1. The van der Waals surface area contributed by atoms with Crippen molar-refractivity contribution in [2.75, 3.05) is 19.6 Å². The highest BCUT2D eigenvalue weighted by Crippen LogP contribution is 2.19. The van der Waals surface area contributed by atoms with Crippen LogP contribution in [0.25, 0.3) is 0 Å². The van der Waals surface area contributed by atoms with Crippen LogP contribution in [0.15, 0.2) is 0 Å². The molecular weight excluding hydrogens is 262 g/mol. The molecule has 2 saturated heterocycles. The number of likely N-dealkylation sites (tertiary alicyclic amines) is 1. The van der Waals surface area contributed by atoms with E-state index in [0.29, 0.717) is 13.1 Å². The second-order valence-corrected chi connectivity index (χ2v) is 5.55. The maximum absolute atomic E-state index is 12.2. The third kappa shape index (κ3) is 2.52. The predicted octanol–water partition coefficient (Wildman–Crippen LogP) is -0.737. The van der Waals surface area contributed by atoms with Gasteiger partial charge in [0, 0.05) is 38.9 Å². The molecule has 7 heteroatoms. The molecule has 2 aliphatic rings. The predicted molar refractivity (Wildman–Crippen MR) is 69.4 cm³/mol. The van der Waals surface area contributed by atoms with E-state index in [1.54, 1.807) is 13.8 Å². The normalized spacial score (nSPS) is 22.2. The van der Waals surface area contributed by atoms with Gasteiger partial charge >= 0.3 is 0 Å². The molecule has 2 aliphatic heterocycles. The molecule has 2 fully saturated rings. The number of hydrogen-bond donors (Lipinski definition) is 1. The molecule has 20 heavy (non-hydrogen) atoms. The van der Waals surface area contributed by atoms with Gasteiger partial charge in [-0.15, -0.1) is 0 Å². The third-order valence-electron chi connectivity index (χ3n) is 3.86. The molecule has 0 saturated carbocycles. The minimum absolute atomic E-state index is 0.0637. The van der Waals surface area contributed by atoms with Gasteiger partial charge in [0.25, 0.3) is 0 Å². The Morgan fingerprint density at radius 2 is 1.80 bits per heavy atom. The van der Waals surface area contributed by atoms with Crippen LogP contribution in [0, 0.1) is 0 Å². The van der Waals surface area contributed by atoms with Gasteiger partial charge < -0.3 is 10.2 Å². The van der Waals surface area contributed by atoms with E-state index in [1.165, 1.54) is 4.90 Å². The Morgan fingerprint density at radius 1 is 1.20 bits per heavy atom. The van der Waals surface area contributed by atoms with E-state index in [1.807, 2.05) is 0 Å². The zero-order valence-corrected chi connectivity index (χ0v) is 11.8. The molecule has 4 amide bonds. The molecule has 1 N–H and O–H groups in total. The van der Waals surface area contributed by atoms with E-state index >= 15 is 0 Å². The van der Waals surface area contributed by atoms with Gasteiger partial charge in [-0.25, -0.2) is 0 Å². The van der Waals surface area contributed by atoms with E-state index in [-0.39, 0.29) is 49.4 Å². The van der Waals surface area contributed by atoms with Crippen molar-refractivity contribution < 1.29 is 19.2 Å². The van der Waals surface area contributed by atoms with Gasteiger partial charge in [0.1, 0.15) is 5.54 Å². The van der Waals surface area contributed by atoms with Crippen molar-refractivity contribution in [1.29, 1.82) is 0 Å². The van der Waals surface area contributed by atoms with Gasteiger partial charge in [0.05, 0.1) is 0 Å². The van der Waals surface area contributed by atoms with Crippen molar-refractivity contribution in [3.8, 4) is 0 Å². The number of hydrogen-bond acceptors (Lipinski definition) is 4. The molecule has 0 aromatic heterocycles. The monoisotopic (exact) mass is 281 g/mol. The molecule has 110 valence electrons. The Balaban J connectivity index is 1.96. The molecule has 7 nitrogen and oxygen atoms in total.